The summed E-state index contributed by atoms with van der Waals surface area (Å²) < 4.78 is 29.2. The Hall–Kier alpha value is -3.55. The molecule has 1 amide bonds. The lowest BCUT2D eigenvalue weighted by molar-refractivity contribution is -0.117. The number of carbonyl (C=O) groups excluding carboxylic acids is 1. The second kappa shape index (κ2) is 9.30. The summed E-state index contributed by atoms with van der Waals surface area (Å²) in [6, 6.07) is 24.1. The fraction of sp³-hybridized carbons (Fsp3) is 0.120. The number of anilines is 1. The second-order valence-electron chi connectivity index (χ2n) is 7.55. The van der Waals surface area contributed by atoms with Gasteiger partial charge >= 0.3 is 0 Å². The Kier molecular flexibility index (Phi) is 6.30. The Labute approximate surface area is 187 Å². The summed E-state index contributed by atoms with van der Waals surface area (Å²) in [6.07, 6.45) is 1.75. The van der Waals surface area contributed by atoms with Gasteiger partial charge in [-0.2, -0.15) is 4.72 Å². The van der Waals surface area contributed by atoms with E-state index >= 15 is 0 Å². The zero-order valence-corrected chi connectivity index (χ0v) is 18.3. The molecule has 0 saturated heterocycles. The van der Waals surface area contributed by atoms with Gasteiger partial charge in [0, 0.05) is 17.3 Å². The maximum Gasteiger partial charge on any atom is 0.243 e. The van der Waals surface area contributed by atoms with Gasteiger partial charge in [-0.1, -0.05) is 66.2 Å². The summed E-state index contributed by atoms with van der Waals surface area (Å²) in [5, 5.41) is 3.53. The summed E-state index contributed by atoms with van der Waals surface area (Å²) >= 11 is 0. The van der Waals surface area contributed by atoms with Crippen molar-refractivity contribution in [2.45, 2.75) is 24.3 Å². The molecule has 2 N–H and O–H groups in total. The van der Waals surface area contributed by atoms with Crippen LogP contribution < -0.4 is 10.0 Å². The van der Waals surface area contributed by atoms with Gasteiger partial charge in [0.05, 0.1) is 5.52 Å². The van der Waals surface area contributed by atoms with Gasteiger partial charge in [-0.3, -0.25) is 9.78 Å². The average molecular weight is 446 g/mol. The van der Waals surface area contributed by atoms with E-state index < -0.39 is 22.0 Å². The number of fused-ring (bicyclic) bond motifs is 1. The summed E-state index contributed by atoms with van der Waals surface area (Å²) in [6.45, 7) is 1.95. The fourth-order valence-corrected chi connectivity index (χ4v) is 4.82. The monoisotopic (exact) mass is 445 g/mol. The molecule has 1 unspecified atom stereocenters. The van der Waals surface area contributed by atoms with Gasteiger partial charge in [-0.15, -0.1) is 0 Å². The molecular formula is C25H23N3O3S. The predicted molar refractivity (Wildman–Crippen MR) is 126 cm³/mol. The number of hydrogen-bond acceptors (Lipinski definition) is 4. The predicted octanol–water partition coefficient (Wildman–Crippen LogP) is 4.07. The van der Waals surface area contributed by atoms with E-state index in [1.807, 2.05) is 49.4 Å². The van der Waals surface area contributed by atoms with Crippen LogP contribution >= 0.6 is 0 Å². The van der Waals surface area contributed by atoms with Crippen LogP contribution in [0.4, 0.5) is 5.69 Å². The minimum absolute atomic E-state index is 0.0387. The van der Waals surface area contributed by atoms with Gasteiger partial charge in [-0.25, -0.2) is 8.42 Å². The van der Waals surface area contributed by atoms with Crippen LogP contribution in [0.2, 0.25) is 0 Å². The van der Waals surface area contributed by atoms with E-state index in [0.29, 0.717) is 16.6 Å². The molecule has 6 nitrogen and oxygen atoms in total. The first-order chi connectivity index (χ1) is 15.4. The van der Waals surface area contributed by atoms with Crippen LogP contribution in [0.15, 0.2) is 96.0 Å². The quantitative estimate of drug-likeness (QED) is 0.449. The smallest absolute Gasteiger partial charge is 0.243 e. The third-order valence-electron chi connectivity index (χ3n) is 5.10. The number of nitrogens with one attached hydrogen (secondary N) is 2. The van der Waals surface area contributed by atoms with Gasteiger partial charge < -0.3 is 5.32 Å². The number of amides is 1. The molecule has 0 aliphatic carbocycles. The number of pyridine rings is 1. The lowest BCUT2D eigenvalue weighted by atomic mass is 10.1. The summed E-state index contributed by atoms with van der Waals surface area (Å²) in [5.74, 6) is -0.436. The molecule has 1 atom stereocenters. The van der Waals surface area contributed by atoms with Crippen LogP contribution in [0.25, 0.3) is 10.9 Å². The molecule has 162 valence electrons. The van der Waals surface area contributed by atoms with Crippen LogP contribution in [0.5, 0.6) is 0 Å². The average Bonchev–Trinajstić information content (AvgIpc) is 2.80. The number of rotatable bonds is 7. The molecule has 0 aliphatic heterocycles. The van der Waals surface area contributed by atoms with E-state index in [4.69, 9.17) is 0 Å². The van der Waals surface area contributed by atoms with Crippen molar-refractivity contribution in [2.75, 3.05) is 5.32 Å². The van der Waals surface area contributed by atoms with Crippen molar-refractivity contribution < 1.29 is 13.2 Å². The second-order valence-corrected chi connectivity index (χ2v) is 9.23. The molecule has 32 heavy (non-hydrogen) atoms. The Morgan fingerprint density at radius 1 is 0.906 bits per heavy atom. The van der Waals surface area contributed by atoms with Crippen molar-refractivity contribution >= 4 is 32.5 Å². The van der Waals surface area contributed by atoms with Crippen LogP contribution in [-0.2, 0) is 21.2 Å². The highest BCUT2D eigenvalue weighted by Gasteiger charge is 2.27. The summed E-state index contributed by atoms with van der Waals surface area (Å²) in [5.41, 5.74) is 2.87. The largest absolute Gasteiger partial charge is 0.325 e. The number of nitrogens with zero attached hydrogens (tertiary/aromatic N) is 1. The number of benzene rings is 3. The minimum Gasteiger partial charge on any atom is -0.325 e. The number of para-hydroxylation sites is 1. The van der Waals surface area contributed by atoms with E-state index in [1.165, 1.54) is 6.07 Å². The number of aromatic nitrogens is 1. The van der Waals surface area contributed by atoms with Crippen molar-refractivity contribution in [3.63, 3.8) is 0 Å². The third-order valence-corrected chi connectivity index (χ3v) is 6.60. The SMILES string of the molecule is Cc1ccc(NC(=O)C(Cc2ccccc2)NS(=O)(=O)c2cccc3cccnc23)cc1. The summed E-state index contributed by atoms with van der Waals surface area (Å²) in [4.78, 5) is 17.4. The van der Waals surface area contributed by atoms with E-state index in [0.717, 1.165) is 11.1 Å². The van der Waals surface area contributed by atoms with Crippen molar-refractivity contribution in [2.24, 2.45) is 0 Å². The normalized spacial score (nSPS) is 12.4. The van der Waals surface area contributed by atoms with Crippen LogP contribution in [-0.4, -0.2) is 25.4 Å². The topological polar surface area (TPSA) is 88.2 Å². The Balaban J connectivity index is 1.65. The lowest BCUT2D eigenvalue weighted by Crippen LogP contribution is -2.45. The zero-order valence-electron chi connectivity index (χ0n) is 17.5. The Bertz CT molecular complexity index is 1330. The van der Waals surface area contributed by atoms with Crippen molar-refractivity contribution in [1.82, 2.24) is 9.71 Å². The fourth-order valence-electron chi connectivity index (χ4n) is 3.45. The maximum atomic E-state index is 13.3. The molecule has 0 aliphatic rings. The molecule has 4 rings (SSSR count). The maximum absolute atomic E-state index is 13.3. The third kappa shape index (κ3) is 5.01. The Morgan fingerprint density at radius 3 is 2.38 bits per heavy atom. The van der Waals surface area contributed by atoms with E-state index in [1.54, 1.807) is 42.6 Å². The molecule has 3 aromatic carbocycles. The molecule has 0 bridgehead atoms. The van der Waals surface area contributed by atoms with Crippen molar-refractivity contribution in [3.05, 3.63) is 102 Å². The molecule has 1 aromatic heterocycles. The number of hydrogen-bond donors (Lipinski definition) is 2. The van der Waals surface area contributed by atoms with Crippen LogP contribution in [0.1, 0.15) is 11.1 Å². The van der Waals surface area contributed by atoms with Gasteiger partial charge in [0.1, 0.15) is 10.9 Å². The highest BCUT2D eigenvalue weighted by Crippen LogP contribution is 2.21. The molecule has 1 heterocycles. The highest BCUT2D eigenvalue weighted by atomic mass is 32.2. The number of sulfonamides is 1. The molecule has 0 fully saturated rings. The zero-order chi connectivity index (χ0) is 22.6. The van der Waals surface area contributed by atoms with Gasteiger partial charge in [-0.05, 0) is 43.2 Å². The van der Waals surface area contributed by atoms with Gasteiger partial charge in [0.25, 0.3) is 0 Å². The molecule has 0 radical (unpaired) electrons. The van der Waals surface area contributed by atoms with Crippen LogP contribution in [0.3, 0.4) is 0 Å². The van der Waals surface area contributed by atoms with Gasteiger partial charge in [0.2, 0.25) is 15.9 Å². The lowest BCUT2D eigenvalue weighted by Gasteiger charge is -2.19. The van der Waals surface area contributed by atoms with E-state index in [9.17, 15) is 13.2 Å². The van der Waals surface area contributed by atoms with Crippen LogP contribution in [0, 0.1) is 6.92 Å². The molecule has 4 aromatic rings. The minimum atomic E-state index is -4.02. The summed E-state index contributed by atoms with van der Waals surface area (Å²) in [7, 11) is -4.02. The first-order valence-corrected chi connectivity index (χ1v) is 11.7. The number of carbonyl (C=O) groups is 1. The first kappa shape index (κ1) is 21.7. The van der Waals surface area contributed by atoms with E-state index in [2.05, 4.69) is 15.0 Å². The molecule has 0 spiro atoms. The van der Waals surface area contributed by atoms with E-state index in [-0.39, 0.29) is 11.3 Å². The van der Waals surface area contributed by atoms with Gasteiger partial charge in [0.15, 0.2) is 0 Å². The molecular weight excluding hydrogens is 422 g/mol. The first-order valence-electron chi connectivity index (χ1n) is 10.2. The number of aryl methyl sites for hydroxylation is 1. The van der Waals surface area contributed by atoms with Crippen molar-refractivity contribution in [1.29, 1.82) is 0 Å². The molecule has 0 saturated carbocycles. The standard InChI is InChI=1S/C25H23N3O3S/c1-18-12-14-21(15-13-18)27-25(29)22(17-19-7-3-2-4-8-19)28-32(30,31)23-11-5-9-20-10-6-16-26-24(20)23/h2-16,22,28H,17H2,1H3,(H,27,29). The van der Waals surface area contributed by atoms with Crippen molar-refractivity contribution in [3.8, 4) is 0 Å². The Morgan fingerprint density at radius 2 is 1.62 bits per heavy atom. The highest BCUT2D eigenvalue weighted by molar-refractivity contribution is 7.89. The molecule has 7 heteroatoms.